The summed E-state index contributed by atoms with van der Waals surface area (Å²) in [4.78, 5) is 4.98. The largest absolute Gasteiger partial charge is 0.387 e. The van der Waals surface area contributed by atoms with Crippen molar-refractivity contribution in [3.05, 3.63) is 28.0 Å². The Morgan fingerprint density at radius 2 is 2.40 bits per heavy atom. The summed E-state index contributed by atoms with van der Waals surface area (Å²) in [6.07, 6.45) is 3.46. The molecule has 2 aromatic rings. The number of hydrogen-bond acceptors (Lipinski definition) is 5. The fraction of sp³-hybridized carbons (Fsp3) is 0.444. The Hall–Kier alpha value is -1.27. The zero-order chi connectivity index (χ0) is 10.8. The quantitative estimate of drug-likeness (QED) is 0.839. The van der Waals surface area contributed by atoms with Gasteiger partial charge < -0.3 is 5.11 Å². The van der Waals surface area contributed by atoms with Gasteiger partial charge in [-0.05, 0) is 6.92 Å². The highest BCUT2D eigenvalue weighted by atomic mass is 32.1. The number of hydrogen-bond donors (Lipinski definition) is 1. The van der Waals surface area contributed by atoms with Crippen molar-refractivity contribution < 1.29 is 5.11 Å². The average Bonchev–Trinajstić information content (AvgIpc) is 2.75. The average molecular weight is 224 g/mol. The van der Waals surface area contributed by atoms with Gasteiger partial charge in [-0.15, -0.1) is 16.4 Å². The maximum atomic E-state index is 9.89. The molecule has 15 heavy (non-hydrogen) atoms. The molecule has 0 fully saturated rings. The van der Waals surface area contributed by atoms with Crippen LogP contribution in [0.25, 0.3) is 0 Å². The molecule has 2 heterocycles. The number of aliphatic hydroxyl groups excluding tert-OH is 1. The molecule has 1 atom stereocenters. The van der Waals surface area contributed by atoms with Gasteiger partial charge in [-0.25, -0.2) is 4.98 Å². The molecule has 6 heteroatoms. The van der Waals surface area contributed by atoms with Crippen molar-refractivity contribution in [3.63, 3.8) is 0 Å². The van der Waals surface area contributed by atoms with Crippen LogP contribution in [0.3, 0.4) is 0 Å². The maximum Gasteiger partial charge on any atom is 0.0954 e. The zero-order valence-electron chi connectivity index (χ0n) is 8.58. The molecule has 0 bridgehead atoms. The van der Waals surface area contributed by atoms with Crippen molar-refractivity contribution in [3.8, 4) is 0 Å². The van der Waals surface area contributed by atoms with E-state index >= 15 is 0 Å². The number of nitrogens with zero attached hydrogens (tertiary/aromatic N) is 4. The lowest BCUT2D eigenvalue weighted by Crippen LogP contribution is -1.99. The van der Waals surface area contributed by atoms with Crippen molar-refractivity contribution in [2.75, 3.05) is 0 Å². The topological polar surface area (TPSA) is 63.8 Å². The molecule has 0 aliphatic rings. The molecule has 2 rings (SSSR count). The number of aryl methyl sites for hydroxylation is 2. The van der Waals surface area contributed by atoms with Gasteiger partial charge >= 0.3 is 0 Å². The van der Waals surface area contributed by atoms with Crippen LogP contribution in [-0.4, -0.2) is 25.1 Å². The number of aromatic nitrogens is 4. The molecule has 0 aliphatic carbocycles. The Morgan fingerprint density at radius 3 is 2.93 bits per heavy atom. The fourth-order valence-electron chi connectivity index (χ4n) is 1.32. The van der Waals surface area contributed by atoms with Gasteiger partial charge in [0.2, 0.25) is 0 Å². The standard InChI is InChI=1S/C9H12N4OS/c1-6-10-4-9(15-6)8(14)3-7-5-13(2)12-11-7/h4-5,8,14H,3H2,1-2H3. The van der Waals surface area contributed by atoms with Crippen LogP contribution in [-0.2, 0) is 13.5 Å². The second-order valence-corrected chi connectivity index (χ2v) is 4.65. The van der Waals surface area contributed by atoms with E-state index in [0.29, 0.717) is 6.42 Å². The SMILES string of the molecule is Cc1ncc(C(O)Cc2cn(C)nn2)s1. The zero-order valence-corrected chi connectivity index (χ0v) is 9.40. The van der Waals surface area contributed by atoms with Crippen LogP contribution in [0.4, 0.5) is 0 Å². The Bertz CT molecular complexity index is 450. The van der Waals surface area contributed by atoms with E-state index in [9.17, 15) is 5.11 Å². The van der Waals surface area contributed by atoms with E-state index in [2.05, 4.69) is 15.3 Å². The minimum atomic E-state index is -0.534. The van der Waals surface area contributed by atoms with Crippen molar-refractivity contribution in [2.45, 2.75) is 19.4 Å². The molecule has 80 valence electrons. The summed E-state index contributed by atoms with van der Waals surface area (Å²) in [6.45, 7) is 1.92. The molecule has 1 N–H and O–H groups in total. The molecule has 0 amide bonds. The van der Waals surface area contributed by atoms with E-state index in [4.69, 9.17) is 0 Å². The van der Waals surface area contributed by atoms with Crippen molar-refractivity contribution in [2.24, 2.45) is 7.05 Å². The molecule has 0 radical (unpaired) electrons. The van der Waals surface area contributed by atoms with E-state index in [1.54, 1.807) is 24.1 Å². The van der Waals surface area contributed by atoms with Crippen molar-refractivity contribution >= 4 is 11.3 Å². The van der Waals surface area contributed by atoms with Gasteiger partial charge in [0.05, 0.1) is 21.7 Å². The van der Waals surface area contributed by atoms with Gasteiger partial charge in [0.25, 0.3) is 0 Å². The van der Waals surface area contributed by atoms with Crippen molar-refractivity contribution in [1.82, 2.24) is 20.0 Å². The lowest BCUT2D eigenvalue weighted by atomic mass is 10.2. The normalized spacial score (nSPS) is 13.0. The van der Waals surface area contributed by atoms with E-state index in [0.717, 1.165) is 15.6 Å². The molecule has 2 aromatic heterocycles. The highest BCUT2D eigenvalue weighted by molar-refractivity contribution is 7.11. The molecule has 0 aromatic carbocycles. The maximum absolute atomic E-state index is 9.89. The highest BCUT2D eigenvalue weighted by Gasteiger charge is 2.13. The van der Waals surface area contributed by atoms with Crippen molar-refractivity contribution in [1.29, 1.82) is 0 Å². The first kappa shape index (κ1) is 10.3. The number of rotatable bonds is 3. The summed E-state index contributed by atoms with van der Waals surface area (Å²) < 4.78 is 1.62. The van der Waals surface area contributed by atoms with Crippen LogP contribution in [0.1, 0.15) is 21.7 Å². The van der Waals surface area contributed by atoms with E-state index < -0.39 is 6.10 Å². The first-order valence-electron chi connectivity index (χ1n) is 4.61. The summed E-state index contributed by atoms with van der Waals surface area (Å²) >= 11 is 1.51. The Morgan fingerprint density at radius 1 is 1.60 bits per heavy atom. The van der Waals surface area contributed by atoms with Gasteiger partial charge in [0.1, 0.15) is 0 Å². The first-order chi connectivity index (χ1) is 7.15. The fourth-order valence-corrected chi connectivity index (χ4v) is 2.09. The van der Waals surface area contributed by atoms with Gasteiger partial charge in [0, 0.05) is 25.9 Å². The second kappa shape index (κ2) is 4.08. The van der Waals surface area contributed by atoms with Crippen LogP contribution in [0.5, 0.6) is 0 Å². The monoisotopic (exact) mass is 224 g/mol. The van der Waals surface area contributed by atoms with Crippen LogP contribution in [0, 0.1) is 6.92 Å². The predicted molar refractivity (Wildman–Crippen MR) is 56.5 cm³/mol. The van der Waals surface area contributed by atoms with Gasteiger partial charge in [0.15, 0.2) is 0 Å². The smallest absolute Gasteiger partial charge is 0.0954 e. The molecular weight excluding hydrogens is 212 g/mol. The van der Waals surface area contributed by atoms with E-state index in [1.807, 2.05) is 6.92 Å². The van der Waals surface area contributed by atoms with Gasteiger partial charge in [-0.1, -0.05) is 5.21 Å². The molecule has 1 unspecified atom stereocenters. The lowest BCUT2D eigenvalue weighted by Gasteiger charge is -2.03. The lowest BCUT2D eigenvalue weighted by molar-refractivity contribution is 0.181. The van der Waals surface area contributed by atoms with Gasteiger partial charge in [-0.2, -0.15) is 0 Å². The minimum absolute atomic E-state index is 0.482. The van der Waals surface area contributed by atoms with Crippen LogP contribution in [0.2, 0.25) is 0 Å². The summed E-state index contributed by atoms with van der Waals surface area (Å²) in [5.74, 6) is 0. The third-order valence-corrected chi connectivity index (χ3v) is 3.03. The minimum Gasteiger partial charge on any atom is -0.387 e. The molecular formula is C9H12N4OS. The molecule has 5 nitrogen and oxygen atoms in total. The summed E-state index contributed by atoms with van der Waals surface area (Å²) in [5, 5.41) is 18.6. The number of aliphatic hydroxyl groups is 1. The van der Waals surface area contributed by atoms with Crippen LogP contribution in [0.15, 0.2) is 12.4 Å². The Balaban J connectivity index is 2.06. The predicted octanol–water partition coefficient (Wildman–Crippen LogP) is 0.856. The van der Waals surface area contributed by atoms with E-state index in [-0.39, 0.29) is 0 Å². The molecule has 0 aliphatic heterocycles. The Kier molecular flexibility index (Phi) is 2.79. The second-order valence-electron chi connectivity index (χ2n) is 3.39. The number of thiazole rings is 1. The summed E-state index contributed by atoms with van der Waals surface area (Å²) in [7, 11) is 1.81. The third-order valence-electron chi connectivity index (χ3n) is 2.02. The molecule has 0 saturated carbocycles. The molecule has 0 saturated heterocycles. The van der Waals surface area contributed by atoms with Crippen LogP contribution >= 0.6 is 11.3 Å². The van der Waals surface area contributed by atoms with Crippen LogP contribution < -0.4 is 0 Å². The summed E-state index contributed by atoms with van der Waals surface area (Å²) in [5.41, 5.74) is 0.788. The molecule has 0 spiro atoms. The highest BCUT2D eigenvalue weighted by Crippen LogP contribution is 2.22. The van der Waals surface area contributed by atoms with Gasteiger partial charge in [-0.3, -0.25) is 4.68 Å². The van der Waals surface area contributed by atoms with E-state index in [1.165, 1.54) is 11.3 Å². The summed E-state index contributed by atoms with van der Waals surface area (Å²) in [6, 6.07) is 0. The third kappa shape index (κ3) is 2.40. The first-order valence-corrected chi connectivity index (χ1v) is 5.42. The Labute approximate surface area is 91.4 Å².